The van der Waals surface area contributed by atoms with Gasteiger partial charge in [0.25, 0.3) is 0 Å². The normalized spacial score (nSPS) is 24.7. The first-order valence-electron chi connectivity index (χ1n) is 6.95. The maximum absolute atomic E-state index is 5.96. The van der Waals surface area contributed by atoms with Gasteiger partial charge in [-0.2, -0.15) is 0 Å². The fourth-order valence-corrected chi connectivity index (χ4v) is 3.04. The smallest absolute Gasteiger partial charge is 0.170 e. The average molecular weight is 263 g/mol. The van der Waals surface area contributed by atoms with Crippen molar-refractivity contribution in [3.63, 3.8) is 0 Å². The molecular weight excluding hydrogens is 242 g/mol. The molecule has 2 aliphatic rings. The highest BCUT2D eigenvalue weighted by Gasteiger charge is 2.40. The fraction of sp³-hybridized carbons (Fsp3) is 0.643. The Bertz CT molecular complexity index is 396. The molecule has 19 heavy (non-hydrogen) atoms. The van der Waals surface area contributed by atoms with Gasteiger partial charge in [0, 0.05) is 50.9 Å². The summed E-state index contributed by atoms with van der Waals surface area (Å²) >= 11 is 0. The molecule has 3 heterocycles. The van der Waals surface area contributed by atoms with E-state index in [9.17, 15) is 0 Å². The summed E-state index contributed by atoms with van der Waals surface area (Å²) in [6, 6.07) is 4.36. The largest absolute Gasteiger partial charge is 0.347 e. The Morgan fingerprint density at radius 2 is 1.84 bits per heavy atom. The van der Waals surface area contributed by atoms with Crippen LogP contribution in [0.5, 0.6) is 0 Å². The highest BCUT2D eigenvalue weighted by atomic mass is 16.7. The number of piperidine rings is 1. The van der Waals surface area contributed by atoms with Gasteiger partial charge in [-0.25, -0.2) is 0 Å². The van der Waals surface area contributed by atoms with Gasteiger partial charge in [0.15, 0.2) is 5.79 Å². The average Bonchev–Trinajstić information content (AvgIpc) is 2.92. The first-order valence-corrected chi connectivity index (χ1v) is 6.95. The van der Waals surface area contributed by atoms with Crippen molar-refractivity contribution in [2.45, 2.75) is 24.7 Å². The van der Waals surface area contributed by atoms with Crippen LogP contribution in [0, 0.1) is 0 Å². The number of likely N-dealkylation sites (tertiary alicyclic amines) is 1. The lowest BCUT2D eigenvalue weighted by Gasteiger charge is -2.41. The third-order valence-electron chi connectivity index (χ3n) is 4.13. The second kappa shape index (κ2) is 5.54. The topological polar surface area (TPSA) is 60.6 Å². The van der Waals surface area contributed by atoms with E-state index in [-0.39, 0.29) is 11.8 Å². The van der Waals surface area contributed by atoms with Crippen molar-refractivity contribution in [2.24, 2.45) is 5.73 Å². The molecule has 2 saturated heterocycles. The monoisotopic (exact) mass is 263 g/mol. The number of hydrogen-bond acceptors (Lipinski definition) is 5. The van der Waals surface area contributed by atoms with E-state index in [1.807, 2.05) is 24.5 Å². The van der Waals surface area contributed by atoms with Crippen molar-refractivity contribution in [3.05, 3.63) is 30.1 Å². The molecule has 0 aromatic carbocycles. The Labute approximate surface area is 113 Å². The summed E-state index contributed by atoms with van der Waals surface area (Å²) in [5.41, 5.74) is 7.19. The molecule has 0 bridgehead atoms. The molecule has 0 saturated carbocycles. The van der Waals surface area contributed by atoms with Gasteiger partial charge >= 0.3 is 0 Å². The van der Waals surface area contributed by atoms with Gasteiger partial charge < -0.3 is 15.2 Å². The Hall–Kier alpha value is -1.01. The third kappa shape index (κ3) is 2.65. The van der Waals surface area contributed by atoms with E-state index in [0.717, 1.165) is 39.1 Å². The Morgan fingerprint density at radius 1 is 1.21 bits per heavy atom. The van der Waals surface area contributed by atoms with E-state index >= 15 is 0 Å². The number of aromatic nitrogens is 1. The minimum atomic E-state index is -0.312. The zero-order valence-electron chi connectivity index (χ0n) is 11.1. The molecule has 2 aliphatic heterocycles. The van der Waals surface area contributed by atoms with Crippen molar-refractivity contribution in [3.8, 4) is 0 Å². The summed E-state index contributed by atoms with van der Waals surface area (Å²) in [7, 11) is 0. The highest BCUT2D eigenvalue weighted by Crippen LogP contribution is 2.34. The molecule has 1 unspecified atom stereocenters. The van der Waals surface area contributed by atoms with Crippen LogP contribution in [0.1, 0.15) is 24.4 Å². The predicted molar refractivity (Wildman–Crippen MR) is 71.5 cm³/mol. The molecule has 0 amide bonds. The predicted octanol–water partition coefficient (Wildman–Crippen LogP) is 0.920. The lowest BCUT2D eigenvalue weighted by molar-refractivity contribution is -0.187. The van der Waals surface area contributed by atoms with Crippen LogP contribution in [0.15, 0.2) is 24.5 Å². The molecule has 104 valence electrons. The number of rotatable bonds is 3. The number of hydrogen-bond donors (Lipinski definition) is 1. The number of ether oxygens (including phenoxy) is 2. The molecule has 5 nitrogen and oxygen atoms in total. The summed E-state index contributed by atoms with van der Waals surface area (Å²) in [4.78, 5) is 6.49. The zero-order chi connectivity index (χ0) is 13.1. The van der Waals surface area contributed by atoms with E-state index in [2.05, 4.69) is 9.88 Å². The molecule has 1 aromatic rings. The maximum Gasteiger partial charge on any atom is 0.170 e. The summed E-state index contributed by atoms with van der Waals surface area (Å²) in [6.45, 7) is 4.00. The van der Waals surface area contributed by atoms with Gasteiger partial charge in [0.05, 0.1) is 13.2 Å². The molecule has 2 fully saturated rings. The second-order valence-electron chi connectivity index (χ2n) is 5.18. The molecule has 3 rings (SSSR count). The number of pyridine rings is 1. The van der Waals surface area contributed by atoms with E-state index in [1.165, 1.54) is 5.56 Å². The minimum Gasteiger partial charge on any atom is -0.347 e. The van der Waals surface area contributed by atoms with Crippen LogP contribution in [0.3, 0.4) is 0 Å². The summed E-state index contributed by atoms with van der Waals surface area (Å²) < 4.78 is 11.5. The number of nitrogens with zero attached hydrogens (tertiary/aromatic N) is 2. The van der Waals surface area contributed by atoms with Crippen LogP contribution in [0.25, 0.3) is 0 Å². The first kappa shape index (κ1) is 13.0. The molecule has 2 N–H and O–H groups in total. The molecule has 1 atom stereocenters. The van der Waals surface area contributed by atoms with E-state index in [1.54, 1.807) is 0 Å². The molecular formula is C14H21N3O2. The van der Waals surface area contributed by atoms with Crippen LogP contribution >= 0.6 is 0 Å². The summed E-state index contributed by atoms with van der Waals surface area (Å²) in [5.74, 6) is -0.312. The van der Waals surface area contributed by atoms with Crippen LogP contribution < -0.4 is 5.73 Å². The van der Waals surface area contributed by atoms with Crippen LogP contribution in [-0.4, -0.2) is 48.5 Å². The van der Waals surface area contributed by atoms with Crippen molar-refractivity contribution >= 4 is 0 Å². The minimum absolute atomic E-state index is 0.266. The van der Waals surface area contributed by atoms with Crippen LogP contribution in [-0.2, 0) is 9.47 Å². The van der Waals surface area contributed by atoms with Crippen LogP contribution in [0.4, 0.5) is 0 Å². The van der Waals surface area contributed by atoms with Gasteiger partial charge in [-0.15, -0.1) is 0 Å². The Morgan fingerprint density at radius 3 is 2.42 bits per heavy atom. The summed E-state index contributed by atoms with van der Waals surface area (Å²) in [6.07, 6.45) is 5.50. The van der Waals surface area contributed by atoms with Gasteiger partial charge in [0.2, 0.25) is 0 Å². The van der Waals surface area contributed by atoms with E-state index in [0.29, 0.717) is 6.54 Å². The second-order valence-corrected chi connectivity index (χ2v) is 5.18. The molecule has 5 heteroatoms. The van der Waals surface area contributed by atoms with Gasteiger partial charge in [-0.05, 0) is 17.7 Å². The number of nitrogens with two attached hydrogens (primary N) is 1. The lowest BCUT2D eigenvalue weighted by Crippen LogP contribution is -2.47. The van der Waals surface area contributed by atoms with Crippen molar-refractivity contribution in [1.29, 1.82) is 0 Å². The van der Waals surface area contributed by atoms with Gasteiger partial charge in [-0.1, -0.05) is 0 Å². The molecule has 0 aliphatic carbocycles. The molecule has 0 radical (unpaired) electrons. The molecule has 1 aromatic heterocycles. The van der Waals surface area contributed by atoms with E-state index in [4.69, 9.17) is 15.2 Å². The molecule has 1 spiro atoms. The third-order valence-corrected chi connectivity index (χ3v) is 4.13. The standard InChI is InChI=1S/C14H21N3O2/c15-11-13(12-1-5-16-6-2-12)17-7-3-14(4-8-17)18-9-10-19-14/h1-2,5-6,13H,3-4,7-11,15H2. The maximum atomic E-state index is 5.96. The van der Waals surface area contributed by atoms with Crippen LogP contribution in [0.2, 0.25) is 0 Å². The summed E-state index contributed by atoms with van der Waals surface area (Å²) in [5, 5.41) is 0. The van der Waals surface area contributed by atoms with Gasteiger partial charge in [0.1, 0.15) is 0 Å². The first-order chi connectivity index (χ1) is 9.33. The van der Waals surface area contributed by atoms with Crippen molar-refractivity contribution in [2.75, 3.05) is 32.8 Å². The van der Waals surface area contributed by atoms with Crippen molar-refractivity contribution < 1.29 is 9.47 Å². The Kier molecular flexibility index (Phi) is 3.79. The zero-order valence-corrected chi connectivity index (χ0v) is 11.1. The SMILES string of the molecule is NCC(c1ccncc1)N1CCC2(CC1)OCCO2. The fourth-order valence-electron chi connectivity index (χ4n) is 3.04. The lowest BCUT2D eigenvalue weighted by atomic mass is 9.99. The van der Waals surface area contributed by atoms with E-state index < -0.39 is 0 Å². The van der Waals surface area contributed by atoms with Gasteiger partial charge in [-0.3, -0.25) is 9.88 Å². The Balaban J connectivity index is 1.66. The quantitative estimate of drug-likeness (QED) is 0.878. The van der Waals surface area contributed by atoms with Crippen molar-refractivity contribution in [1.82, 2.24) is 9.88 Å². The highest BCUT2D eigenvalue weighted by molar-refractivity contribution is 5.16.